The molecule has 0 aromatic heterocycles. The highest BCUT2D eigenvalue weighted by Crippen LogP contribution is 2.18. The lowest BCUT2D eigenvalue weighted by molar-refractivity contribution is 0.889. The second kappa shape index (κ2) is 3.63. The SMILES string of the molecule is C=CC1=C(/C=C(\C)Cl)CCN1. The monoisotopic (exact) mass is 169 g/mol. The van der Waals surface area contributed by atoms with E-state index in [9.17, 15) is 0 Å². The Kier molecular flexibility index (Phi) is 2.77. The van der Waals surface area contributed by atoms with Crippen LogP contribution in [0.15, 0.2) is 35.0 Å². The van der Waals surface area contributed by atoms with Gasteiger partial charge >= 0.3 is 0 Å². The lowest BCUT2D eigenvalue weighted by atomic mass is 10.2. The zero-order valence-electron chi connectivity index (χ0n) is 6.65. The van der Waals surface area contributed by atoms with Gasteiger partial charge in [0.05, 0.1) is 0 Å². The molecule has 1 rings (SSSR count). The molecular weight excluding hydrogens is 158 g/mol. The van der Waals surface area contributed by atoms with E-state index in [2.05, 4.69) is 11.9 Å². The van der Waals surface area contributed by atoms with Crippen LogP contribution in [0.5, 0.6) is 0 Å². The largest absolute Gasteiger partial charge is 0.385 e. The molecule has 0 bridgehead atoms. The second-order valence-corrected chi connectivity index (χ2v) is 3.15. The Morgan fingerprint density at radius 3 is 3.00 bits per heavy atom. The van der Waals surface area contributed by atoms with Crippen molar-refractivity contribution in [3.8, 4) is 0 Å². The van der Waals surface area contributed by atoms with Crippen molar-refractivity contribution in [2.45, 2.75) is 13.3 Å². The number of nitrogens with one attached hydrogen (secondary N) is 1. The van der Waals surface area contributed by atoms with Gasteiger partial charge in [0.25, 0.3) is 0 Å². The molecule has 60 valence electrons. The van der Waals surface area contributed by atoms with Gasteiger partial charge < -0.3 is 5.32 Å². The molecule has 0 atom stereocenters. The fraction of sp³-hybridized carbons (Fsp3) is 0.333. The molecule has 0 aliphatic carbocycles. The molecule has 1 N–H and O–H groups in total. The molecule has 0 saturated carbocycles. The van der Waals surface area contributed by atoms with Crippen LogP contribution >= 0.6 is 11.6 Å². The first-order valence-corrected chi connectivity index (χ1v) is 4.05. The molecule has 0 aromatic rings. The second-order valence-electron chi connectivity index (χ2n) is 2.55. The van der Waals surface area contributed by atoms with Crippen molar-refractivity contribution >= 4 is 11.6 Å². The molecule has 0 spiro atoms. The van der Waals surface area contributed by atoms with Crippen molar-refractivity contribution in [3.05, 3.63) is 35.0 Å². The first-order chi connectivity index (χ1) is 5.24. The fourth-order valence-electron chi connectivity index (χ4n) is 1.17. The van der Waals surface area contributed by atoms with Crippen molar-refractivity contribution in [1.82, 2.24) is 5.32 Å². The Balaban J connectivity index is 2.83. The number of allylic oxidation sites excluding steroid dienone is 3. The molecule has 0 aromatic carbocycles. The molecule has 0 fully saturated rings. The van der Waals surface area contributed by atoms with Crippen molar-refractivity contribution in [1.29, 1.82) is 0 Å². The highest BCUT2D eigenvalue weighted by atomic mass is 35.5. The van der Waals surface area contributed by atoms with E-state index in [1.54, 1.807) is 0 Å². The quantitative estimate of drug-likeness (QED) is 0.670. The Bertz CT molecular complexity index is 222. The van der Waals surface area contributed by atoms with Gasteiger partial charge in [-0.3, -0.25) is 0 Å². The van der Waals surface area contributed by atoms with E-state index in [-0.39, 0.29) is 0 Å². The fourth-order valence-corrected chi connectivity index (χ4v) is 1.31. The summed E-state index contributed by atoms with van der Waals surface area (Å²) in [6.07, 6.45) is 4.86. The molecule has 1 heterocycles. The molecule has 11 heavy (non-hydrogen) atoms. The summed E-state index contributed by atoms with van der Waals surface area (Å²) in [5, 5.41) is 4.04. The van der Waals surface area contributed by atoms with Crippen molar-refractivity contribution in [2.75, 3.05) is 6.54 Å². The van der Waals surface area contributed by atoms with Gasteiger partial charge in [-0.05, 0) is 31.1 Å². The average Bonchev–Trinajstić information content (AvgIpc) is 2.34. The van der Waals surface area contributed by atoms with Crippen LogP contribution in [0, 0.1) is 0 Å². The van der Waals surface area contributed by atoms with Crippen LogP contribution in [0.25, 0.3) is 0 Å². The van der Waals surface area contributed by atoms with Gasteiger partial charge in [0.2, 0.25) is 0 Å². The Hall–Kier alpha value is -0.690. The minimum atomic E-state index is 0.822. The summed E-state index contributed by atoms with van der Waals surface area (Å²) >= 11 is 5.74. The van der Waals surface area contributed by atoms with Crippen LogP contribution in [-0.4, -0.2) is 6.54 Å². The van der Waals surface area contributed by atoms with Crippen LogP contribution < -0.4 is 5.32 Å². The van der Waals surface area contributed by atoms with Gasteiger partial charge in [0.1, 0.15) is 0 Å². The van der Waals surface area contributed by atoms with E-state index < -0.39 is 0 Å². The third kappa shape index (κ3) is 2.12. The minimum absolute atomic E-state index is 0.822. The number of hydrogen-bond acceptors (Lipinski definition) is 1. The predicted molar refractivity (Wildman–Crippen MR) is 49.5 cm³/mol. The third-order valence-electron chi connectivity index (χ3n) is 1.63. The lowest BCUT2D eigenvalue weighted by Gasteiger charge is -1.96. The first kappa shape index (κ1) is 8.41. The van der Waals surface area contributed by atoms with Crippen molar-refractivity contribution in [2.24, 2.45) is 0 Å². The van der Waals surface area contributed by atoms with E-state index in [1.807, 2.05) is 19.1 Å². The van der Waals surface area contributed by atoms with Gasteiger partial charge in [0.15, 0.2) is 0 Å². The predicted octanol–water partition coefficient (Wildman–Crippen LogP) is 2.56. The molecule has 0 saturated heterocycles. The van der Waals surface area contributed by atoms with E-state index in [4.69, 9.17) is 11.6 Å². The maximum absolute atomic E-state index is 5.74. The van der Waals surface area contributed by atoms with Gasteiger partial charge in [-0.1, -0.05) is 18.2 Å². The minimum Gasteiger partial charge on any atom is -0.385 e. The van der Waals surface area contributed by atoms with Crippen LogP contribution in [0.2, 0.25) is 0 Å². The Labute approximate surface area is 72.4 Å². The first-order valence-electron chi connectivity index (χ1n) is 3.67. The highest BCUT2D eigenvalue weighted by molar-refractivity contribution is 6.29. The summed E-state index contributed by atoms with van der Waals surface area (Å²) in [4.78, 5) is 0. The molecule has 0 radical (unpaired) electrons. The third-order valence-corrected chi connectivity index (χ3v) is 1.74. The molecule has 1 nitrogen and oxygen atoms in total. The number of halogens is 1. The molecular formula is C9H12ClN. The van der Waals surface area contributed by atoms with Crippen LogP contribution in [-0.2, 0) is 0 Å². The normalized spacial score (nSPS) is 18.5. The highest BCUT2D eigenvalue weighted by Gasteiger charge is 2.07. The van der Waals surface area contributed by atoms with E-state index in [0.717, 1.165) is 23.7 Å². The van der Waals surface area contributed by atoms with Crippen molar-refractivity contribution in [3.63, 3.8) is 0 Å². The van der Waals surface area contributed by atoms with E-state index in [0.29, 0.717) is 0 Å². The van der Waals surface area contributed by atoms with Gasteiger partial charge in [-0.15, -0.1) is 0 Å². The van der Waals surface area contributed by atoms with Crippen LogP contribution in [0.4, 0.5) is 0 Å². The topological polar surface area (TPSA) is 12.0 Å². The standard InChI is InChI=1S/C9H12ClN/c1-3-9-8(4-5-11-9)6-7(2)10/h3,6,11H,1,4-5H2,2H3/b7-6+. The summed E-state index contributed by atoms with van der Waals surface area (Å²) in [7, 11) is 0. The Morgan fingerprint density at radius 2 is 2.45 bits per heavy atom. The molecule has 0 unspecified atom stereocenters. The summed E-state index contributed by atoms with van der Waals surface area (Å²) in [6.45, 7) is 6.59. The van der Waals surface area contributed by atoms with E-state index >= 15 is 0 Å². The maximum Gasteiger partial charge on any atom is 0.0367 e. The maximum atomic E-state index is 5.74. The Morgan fingerprint density at radius 1 is 1.73 bits per heavy atom. The van der Waals surface area contributed by atoms with Gasteiger partial charge in [0, 0.05) is 17.3 Å². The van der Waals surface area contributed by atoms with Gasteiger partial charge in [-0.25, -0.2) is 0 Å². The van der Waals surface area contributed by atoms with Crippen molar-refractivity contribution < 1.29 is 0 Å². The van der Waals surface area contributed by atoms with Gasteiger partial charge in [-0.2, -0.15) is 0 Å². The molecule has 1 aliphatic rings. The smallest absolute Gasteiger partial charge is 0.0367 e. The summed E-state index contributed by atoms with van der Waals surface area (Å²) < 4.78 is 0. The summed E-state index contributed by atoms with van der Waals surface area (Å²) in [6, 6.07) is 0. The van der Waals surface area contributed by atoms with Crippen LogP contribution in [0.1, 0.15) is 13.3 Å². The summed E-state index contributed by atoms with van der Waals surface area (Å²) in [5.74, 6) is 0. The molecule has 1 aliphatic heterocycles. The molecule has 2 heteroatoms. The molecule has 0 amide bonds. The van der Waals surface area contributed by atoms with E-state index in [1.165, 1.54) is 5.57 Å². The zero-order chi connectivity index (χ0) is 8.27. The lowest BCUT2D eigenvalue weighted by Crippen LogP contribution is -2.04. The van der Waals surface area contributed by atoms with Crippen LogP contribution in [0.3, 0.4) is 0 Å². The number of rotatable bonds is 2. The summed E-state index contributed by atoms with van der Waals surface area (Å²) in [5.41, 5.74) is 2.37. The number of hydrogen-bond donors (Lipinski definition) is 1. The average molecular weight is 170 g/mol. The zero-order valence-corrected chi connectivity index (χ0v) is 7.41.